The first-order chi connectivity index (χ1) is 8.10. The molecule has 0 amide bonds. The third-order valence-electron chi connectivity index (χ3n) is 2.17. The van der Waals surface area contributed by atoms with Gasteiger partial charge in [0.05, 0.1) is 30.7 Å². The number of carbonyl (C=O) groups excluding carboxylic acids is 1. The number of hydrogen-bond donors (Lipinski definition) is 2. The van der Waals surface area contributed by atoms with E-state index in [1.165, 1.54) is 7.11 Å². The third-order valence-corrected chi connectivity index (χ3v) is 2.83. The molecule has 0 saturated carbocycles. The maximum Gasteiger partial charge on any atom is 0.337 e. The van der Waals surface area contributed by atoms with Gasteiger partial charge in [-0.3, -0.25) is 0 Å². The minimum atomic E-state index is -0.402. The first-order valence-corrected chi connectivity index (χ1v) is 5.79. The Bertz CT molecular complexity index is 410. The summed E-state index contributed by atoms with van der Waals surface area (Å²) in [6, 6.07) is 3.28. The van der Waals surface area contributed by atoms with E-state index < -0.39 is 5.97 Å². The molecule has 0 aliphatic carbocycles. The molecular weight excluding hydrogens is 288 g/mol. The van der Waals surface area contributed by atoms with Crippen molar-refractivity contribution in [3.8, 4) is 0 Å². The Kier molecular flexibility index (Phi) is 5.24. The van der Waals surface area contributed by atoms with E-state index in [4.69, 9.17) is 10.5 Å². The Labute approximate surface area is 108 Å². The second-order valence-corrected chi connectivity index (χ2v) is 4.18. The fourth-order valence-electron chi connectivity index (χ4n) is 1.29. The number of hydrogen-bond acceptors (Lipinski definition) is 5. The van der Waals surface area contributed by atoms with Crippen LogP contribution in [0.3, 0.4) is 0 Å². The average molecular weight is 303 g/mol. The van der Waals surface area contributed by atoms with Gasteiger partial charge in [0, 0.05) is 18.1 Å². The van der Waals surface area contributed by atoms with Crippen molar-refractivity contribution >= 4 is 33.3 Å². The normalized spacial score (nSPS) is 10.1. The zero-order chi connectivity index (χ0) is 12.8. The largest absolute Gasteiger partial charge is 0.465 e. The lowest BCUT2D eigenvalue weighted by Crippen LogP contribution is -2.11. The maximum atomic E-state index is 11.4. The molecule has 94 valence electrons. The number of benzene rings is 1. The van der Waals surface area contributed by atoms with Gasteiger partial charge in [0.15, 0.2) is 0 Å². The van der Waals surface area contributed by atoms with Crippen molar-refractivity contribution < 1.29 is 14.3 Å². The van der Waals surface area contributed by atoms with Crippen LogP contribution < -0.4 is 11.1 Å². The van der Waals surface area contributed by atoms with Crippen LogP contribution in [0.4, 0.5) is 11.4 Å². The quantitative estimate of drug-likeness (QED) is 0.493. The number of ether oxygens (including phenoxy) is 2. The highest BCUT2D eigenvalue weighted by molar-refractivity contribution is 9.10. The smallest absolute Gasteiger partial charge is 0.337 e. The van der Waals surface area contributed by atoms with E-state index in [-0.39, 0.29) is 0 Å². The van der Waals surface area contributed by atoms with Crippen molar-refractivity contribution in [1.29, 1.82) is 0 Å². The monoisotopic (exact) mass is 302 g/mol. The topological polar surface area (TPSA) is 73.6 Å². The summed E-state index contributed by atoms with van der Waals surface area (Å²) in [6.07, 6.45) is 0. The van der Waals surface area contributed by atoms with Crippen molar-refractivity contribution in [3.05, 3.63) is 22.2 Å². The third kappa shape index (κ3) is 3.61. The molecule has 3 N–H and O–H groups in total. The Balaban J connectivity index is 2.94. The molecule has 0 heterocycles. The summed E-state index contributed by atoms with van der Waals surface area (Å²) in [7, 11) is 2.95. The van der Waals surface area contributed by atoms with E-state index in [1.807, 2.05) is 0 Å². The molecule has 0 radical (unpaired) electrons. The number of rotatable bonds is 5. The number of methoxy groups -OCH3 is 2. The first kappa shape index (κ1) is 13.8. The summed E-state index contributed by atoms with van der Waals surface area (Å²) in [6.45, 7) is 1.16. The van der Waals surface area contributed by atoms with E-state index in [0.717, 1.165) is 0 Å². The minimum absolute atomic E-state index is 0.402. The zero-order valence-electron chi connectivity index (χ0n) is 9.75. The highest BCUT2D eigenvalue weighted by Crippen LogP contribution is 2.29. The Morgan fingerprint density at radius 3 is 2.76 bits per heavy atom. The number of carbonyl (C=O) groups is 1. The number of nitrogens with two attached hydrogens (primary N) is 1. The molecule has 0 spiro atoms. The van der Waals surface area contributed by atoms with Crippen LogP contribution in [0.15, 0.2) is 16.6 Å². The minimum Gasteiger partial charge on any atom is -0.465 e. The van der Waals surface area contributed by atoms with Gasteiger partial charge in [0.25, 0.3) is 0 Å². The molecule has 0 aromatic heterocycles. The molecule has 0 aliphatic rings. The molecule has 0 saturated heterocycles. The highest BCUT2D eigenvalue weighted by atomic mass is 79.9. The molecule has 1 rings (SSSR count). The number of nitrogens with one attached hydrogen (secondary N) is 1. The van der Waals surface area contributed by atoms with Gasteiger partial charge in [-0.1, -0.05) is 0 Å². The molecule has 0 unspecified atom stereocenters. The summed E-state index contributed by atoms with van der Waals surface area (Å²) in [5.74, 6) is -0.402. The van der Waals surface area contributed by atoms with Gasteiger partial charge in [0.1, 0.15) is 0 Å². The number of anilines is 2. The number of esters is 1. The van der Waals surface area contributed by atoms with Gasteiger partial charge >= 0.3 is 5.97 Å². The van der Waals surface area contributed by atoms with E-state index in [2.05, 4.69) is 26.0 Å². The highest BCUT2D eigenvalue weighted by Gasteiger charge is 2.11. The lowest BCUT2D eigenvalue weighted by Gasteiger charge is -2.12. The summed E-state index contributed by atoms with van der Waals surface area (Å²) in [5, 5.41) is 3.09. The zero-order valence-corrected chi connectivity index (χ0v) is 11.3. The molecule has 0 bridgehead atoms. The SMILES string of the molecule is COCCNc1cc(C(=O)OC)cc(Br)c1N. The van der Waals surface area contributed by atoms with Crippen LogP contribution in [0.2, 0.25) is 0 Å². The molecule has 17 heavy (non-hydrogen) atoms. The van der Waals surface area contributed by atoms with Gasteiger partial charge < -0.3 is 20.5 Å². The van der Waals surface area contributed by atoms with Crippen LogP contribution in [-0.2, 0) is 9.47 Å². The molecule has 5 nitrogen and oxygen atoms in total. The fraction of sp³-hybridized carbons (Fsp3) is 0.364. The molecule has 0 atom stereocenters. The molecule has 6 heteroatoms. The lowest BCUT2D eigenvalue weighted by atomic mass is 10.1. The predicted octanol–water partition coefficient (Wildman–Crippen LogP) is 1.88. The Hall–Kier alpha value is -1.27. The second kappa shape index (κ2) is 6.46. The van der Waals surface area contributed by atoms with Crippen LogP contribution in [0.1, 0.15) is 10.4 Å². The van der Waals surface area contributed by atoms with Gasteiger partial charge in [-0.2, -0.15) is 0 Å². The van der Waals surface area contributed by atoms with Crippen molar-refractivity contribution in [2.45, 2.75) is 0 Å². The van der Waals surface area contributed by atoms with Crippen LogP contribution >= 0.6 is 15.9 Å². The summed E-state index contributed by atoms with van der Waals surface area (Å²) >= 11 is 3.30. The second-order valence-electron chi connectivity index (χ2n) is 3.33. The van der Waals surface area contributed by atoms with E-state index in [1.54, 1.807) is 19.2 Å². The number of nitrogen functional groups attached to an aromatic ring is 1. The lowest BCUT2D eigenvalue weighted by molar-refractivity contribution is 0.0601. The molecule has 1 aromatic carbocycles. The molecule has 1 aromatic rings. The molecule has 0 fully saturated rings. The predicted molar refractivity (Wildman–Crippen MR) is 70.3 cm³/mol. The van der Waals surface area contributed by atoms with Crippen molar-refractivity contribution in [3.63, 3.8) is 0 Å². The summed E-state index contributed by atoms with van der Waals surface area (Å²) in [5.41, 5.74) is 7.54. The molecular formula is C11H15BrN2O3. The van der Waals surface area contributed by atoms with Crippen LogP contribution in [0, 0.1) is 0 Å². The van der Waals surface area contributed by atoms with Gasteiger partial charge in [-0.05, 0) is 28.1 Å². The van der Waals surface area contributed by atoms with E-state index in [9.17, 15) is 4.79 Å². The average Bonchev–Trinajstić information content (AvgIpc) is 2.33. The molecule has 0 aliphatic heterocycles. The van der Waals surface area contributed by atoms with Crippen molar-refractivity contribution in [2.24, 2.45) is 0 Å². The standard InChI is InChI=1S/C11H15BrN2O3/c1-16-4-3-14-9-6-7(11(15)17-2)5-8(12)10(9)13/h5-6,14H,3-4,13H2,1-2H3. The first-order valence-electron chi connectivity index (χ1n) is 5.00. The van der Waals surface area contributed by atoms with E-state index in [0.29, 0.717) is 34.6 Å². The van der Waals surface area contributed by atoms with Gasteiger partial charge in [0.2, 0.25) is 0 Å². The fourth-order valence-corrected chi connectivity index (χ4v) is 1.75. The van der Waals surface area contributed by atoms with Crippen LogP contribution in [0.25, 0.3) is 0 Å². The number of halogens is 1. The van der Waals surface area contributed by atoms with Gasteiger partial charge in [-0.25, -0.2) is 4.79 Å². The Morgan fingerprint density at radius 1 is 1.47 bits per heavy atom. The van der Waals surface area contributed by atoms with Crippen molar-refractivity contribution in [2.75, 3.05) is 38.4 Å². The van der Waals surface area contributed by atoms with Crippen LogP contribution in [0.5, 0.6) is 0 Å². The summed E-state index contributed by atoms with van der Waals surface area (Å²) in [4.78, 5) is 11.4. The van der Waals surface area contributed by atoms with Crippen molar-refractivity contribution in [1.82, 2.24) is 0 Å². The Morgan fingerprint density at radius 2 is 2.18 bits per heavy atom. The maximum absolute atomic E-state index is 11.4. The van der Waals surface area contributed by atoms with E-state index >= 15 is 0 Å². The van der Waals surface area contributed by atoms with Gasteiger partial charge in [-0.15, -0.1) is 0 Å². The summed E-state index contributed by atoms with van der Waals surface area (Å²) < 4.78 is 10.2. The van der Waals surface area contributed by atoms with Crippen LogP contribution in [-0.4, -0.2) is 33.3 Å².